The van der Waals surface area contributed by atoms with Gasteiger partial charge in [0.2, 0.25) is 6.10 Å². The number of hydrogen-bond donors (Lipinski definition) is 1. The second-order valence-corrected chi connectivity index (χ2v) is 8.02. The summed E-state index contributed by atoms with van der Waals surface area (Å²) in [4.78, 5) is 36.5. The molecule has 8 heteroatoms. The summed E-state index contributed by atoms with van der Waals surface area (Å²) in [6.07, 6.45) is -1.23. The molecule has 0 aliphatic rings. The van der Waals surface area contributed by atoms with E-state index in [9.17, 15) is 19.7 Å². The Balaban J connectivity index is 1.60. The van der Waals surface area contributed by atoms with E-state index < -0.39 is 22.9 Å². The van der Waals surface area contributed by atoms with Crippen LogP contribution in [0.1, 0.15) is 22.0 Å². The lowest BCUT2D eigenvalue weighted by atomic mass is 10.1. The highest BCUT2D eigenvalue weighted by molar-refractivity contribution is 9.10. The first-order valence-electron chi connectivity index (χ1n) is 9.92. The number of nitrogens with zero attached hydrogens (tertiary/aromatic N) is 1. The maximum Gasteiger partial charge on any atom is 0.339 e. The second-order valence-electron chi connectivity index (χ2n) is 7.17. The first kappa shape index (κ1) is 22.2. The number of carbonyl (C=O) groups is 2. The highest BCUT2D eigenvalue weighted by Gasteiger charge is 2.26. The first-order chi connectivity index (χ1) is 15.9. The van der Waals surface area contributed by atoms with Crippen LogP contribution in [0.25, 0.3) is 10.8 Å². The van der Waals surface area contributed by atoms with Gasteiger partial charge >= 0.3 is 5.97 Å². The Labute approximate surface area is 197 Å². The highest BCUT2D eigenvalue weighted by atomic mass is 79.9. The van der Waals surface area contributed by atoms with Crippen molar-refractivity contribution in [1.82, 2.24) is 0 Å². The number of non-ortho nitro benzene ring substituents is 1. The summed E-state index contributed by atoms with van der Waals surface area (Å²) in [5.74, 6) is -1.24. The van der Waals surface area contributed by atoms with Crippen molar-refractivity contribution in [2.45, 2.75) is 6.10 Å². The van der Waals surface area contributed by atoms with Crippen molar-refractivity contribution in [2.24, 2.45) is 0 Å². The number of fused-ring (bicyclic) bond motifs is 1. The highest BCUT2D eigenvalue weighted by Crippen LogP contribution is 2.29. The van der Waals surface area contributed by atoms with Crippen LogP contribution in [0.4, 0.5) is 11.4 Å². The molecule has 0 aliphatic carbocycles. The maximum absolute atomic E-state index is 13.1. The molecule has 0 fully saturated rings. The lowest BCUT2D eigenvalue weighted by Crippen LogP contribution is -2.26. The average molecular weight is 505 g/mol. The molecule has 1 unspecified atom stereocenters. The number of hydrogen-bond acceptors (Lipinski definition) is 5. The lowest BCUT2D eigenvalue weighted by molar-refractivity contribution is -0.384. The molecule has 1 N–H and O–H groups in total. The number of nitro groups is 1. The van der Waals surface area contributed by atoms with E-state index >= 15 is 0 Å². The fraction of sp³-hybridized carbons (Fsp3) is 0.0400. The molecule has 0 saturated heterocycles. The smallest absolute Gasteiger partial charge is 0.339 e. The van der Waals surface area contributed by atoms with Crippen molar-refractivity contribution in [2.75, 3.05) is 5.32 Å². The third kappa shape index (κ3) is 5.07. The summed E-state index contributed by atoms with van der Waals surface area (Å²) in [6.45, 7) is 0. The number of rotatable bonds is 6. The van der Waals surface area contributed by atoms with Crippen molar-refractivity contribution in [1.29, 1.82) is 0 Å². The summed E-state index contributed by atoms with van der Waals surface area (Å²) in [5.41, 5.74) is 0.997. The third-order valence-electron chi connectivity index (χ3n) is 4.97. The quantitative estimate of drug-likeness (QED) is 0.196. The zero-order chi connectivity index (χ0) is 23.4. The van der Waals surface area contributed by atoms with Gasteiger partial charge in [-0.2, -0.15) is 0 Å². The molecule has 0 saturated carbocycles. The van der Waals surface area contributed by atoms with Gasteiger partial charge in [0.05, 0.1) is 16.2 Å². The van der Waals surface area contributed by atoms with Gasteiger partial charge in [0.25, 0.3) is 11.6 Å². The van der Waals surface area contributed by atoms with Crippen LogP contribution in [-0.2, 0) is 9.53 Å². The van der Waals surface area contributed by atoms with Crippen molar-refractivity contribution in [3.05, 3.63) is 117 Å². The zero-order valence-electron chi connectivity index (χ0n) is 17.1. The van der Waals surface area contributed by atoms with Gasteiger partial charge in [-0.1, -0.05) is 60.7 Å². The SMILES string of the molecule is O=C(OC(C(=O)Nc1ccc([N+](=O)[O-])cc1Br)c1ccccc1)c1ccc2ccccc2c1. The number of esters is 1. The fourth-order valence-electron chi connectivity index (χ4n) is 3.31. The lowest BCUT2D eigenvalue weighted by Gasteiger charge is -2.19. The predicted molar refractivity (Wildman–Crippen MR) is 128 cm³/mol. The number of ether oxygens (including phenoxy) is 1. The number of amides is 1. The number of nitrogens with one attached hydrogen (secondary N) is 1. The molecule has 164 valence electrons. The van der Waals surface area contributed by atoms with Crippen molar-refractivity contribution >= 4 is 50.0 Å². The Morgan fingerprint density at radius 1 is 0.879 bits per heavy atom. The van der Waals surface area contributed by atoms with Gasteiger partial charge in [-0.25, -0.2) is 4.79 Å². The summed E-state index contributed by atoms with van der Waals surface area (Å²) < 4.78 is 5.96. The second kappa shape index (κ2) is 9.62. The summed E-state index contributed by atoms with van der Waals surface area (Å²) in [6, 6.07) is 25.4. The molecule has 4 aromatic carbocycles. The van der Waals surface area contributed by atoms with Crippen LogP contribution in [0.3, 0.4) is 0 Å². The zero-order valence-corrected chi connectivity index (χ0v) is 18.7. The standard InChI is InChI=1S/C25H17BrN2O5/c26-21-15-20(28(31)32)12-13-22(21)27-24(29)23(17-7-2-1-3-8-17)33-25(30)19-11-10-16-6-4-5-9-18(16)14-19/h1-15,23H,(H,27,29). The molecule has 1 amide bonds. The van der Waals surface area contributed by atoms with Crippen molar-refractivity contribution in [3.8, 4) is 0 Å². The van der Waals surface area contributed by atoms with Gasteiger partial charge in [0.1, 0.15) is 0 Å². The molecule has 33 heavy (non-hydrogen) atoms. The molecular weight excluding hydrogens is 488 g/mol. The van der Waals surface area contributed by atoms with Gasteiger partial charge in [-0.05, 0) is 44.9 Å². The minimum absolute atomic E-state index is 0.123. The van der Waals surface area contributed by atoms with E-state index in [1.165, 1.54) is 18.2 Å². The van der Waals surface area contributed by atoms with E-state index in [1.54, 1.807) is 42.5 Å². The van der Waals surface area contributed by atoms with E-state index in [1.807, 2.05) is 30.3 Å². The Kier molecular flexibility index (Phi) is 6.46. The minimum Gasteiger partial charge on any atom is -0.444 e. The number of halogens is 1. The topological polar surface area (TPSA) is 98.5 Å². The summed E-state index contributed by atoms with van der Waals surface area (Å²) in [7, 11) is 0. The summed E-state index contributed by atoms with van der Waals surface area (Å²) in [5, 5.41) is 15.5. The molecule has 0 spiro atoms. The summed E-state index contributed by atoms with van der Waals surface area (Å²) >= 11 is 3.23. The van der Waals surface area contributed by atoms with E-state index in [0.717, 1.165) is 10.8 Å². The van der Waals surface area contributed by atoms with Crippen LogP contribution < -0.4 is 5.32 Å². The number of carbonyl (C=O) groups excluding carboxylic acids is 2. The van der Waals surface area contributed by atoms with Gasteiger partial charge in [0.15, 0.2) is 0 Å². The van der Waals surface area contributed by atoms with Crippen LogP contribution in [0.5, 0.6) is 0 Å². The molecule has 1 atom stereocenters. The van der Waals surface area contributed by atoms with Gasteiger partial charge in [-0.15, -0.1) is 0 Å². The van der Waals surface area contributed by atoms with E-state index in [4.69, 9.17) is 4.74 Å². The minimum atomic E-state index is -1.23. The number of benzene rings is 4. The normalized spacial score (nSPS) is 11.5. The third-order valence-corrected chi connectivity index (χ3v) is 5.63. The van der Waals surface area contributed by atoms with Crippen LogP contribution in [0, 0.1) is 10.1 Å². The van der Waals surface area contributed by atoms with Gasteiger partial charge < -0.3 is 10.1 Å². The molecule has 0 aromatic heterocycles. The van der Waals surface area contributed by atoms with E-state index in [-0.39, 0.29) is 5.69 Å². The van der Waals surface area contributed by atoms with Crippen LogP contribution in [0.15, 0.2) is 95.5 Å². The Bertz CT molecular complexity index is 1360. The van der Waals surface area contributed by atoms with E-state index in [2.05, 4.69) is 21.2 Å². The molecule has 0 heterocycles. The largest absolute Gasteiger partial charge is 0.444 e. The predicted octanol–water partition coefficient (Wildman–Crippen LogP) is 6.05. The first-order valence-corrected chi connectivity index (χ1v) is 10.7. The van der Waals surface area contributed by atoms with Crippen molar-refractivity contribution in [3.63, 3.8) is 0 Å². The number of nitro benzene ring substituents is 1. The fourth-order valence-corrected chi connectivity index (χ4v) is 3.78. The molecule has 0 bridgehead atoms. The Morgan fingerprint density at radius 3 is 2.27 bits per heavy atom. The molecule has 0 radical (unpaired) electrons. The molecular formula is C25H17BrN2O5. The molecule has 7 nitrogen and oxygen atoms in total. The van der Waals surface area contributed by atoms with Crippen molar-refractivity contribution < 1.29 is 19.2 Å². The Morgan fingerprint density at radius 2 is 1.58 bits per heavy atom. The van der Waals surface area contributed by atoms with Crippen LogP contribution in [0.2, 0.25) is 0 Å². The Hall–Kier alpha value is -4.04. The van der Waals surface area contributed by atoms with Gasteiger partial charge in [-0.3, -0.25) is 14.9 Å². The van der Waals surface area contributed by atoms with Gasteiger partial charge in [0, 0.05) is 22.2 Å². The maximum atomic E-state index is 13.1. The van der Waals surface area contributed by atoms with Crippen LogP contribution in [-0.4, -0.2) is 16.8 Å². The van der Waals surface area contributed by atoms with Crippen LogP contribution >= 0.6 is 15.9 Å². The number of anilines is 1. The van der Waals surface area contributed by atoms with E-state index in [0.29, 0.717) is 21.3 Å². The molecule has 4 aromatic rings. The monoisotopic (exact) mass is 504 g/mol. The molecule has 4 rings (SSSR count). The average Bonchev–Trinajstić information content (AvgIpc) is 2.83. The molecule has 0 aliphatic heterocycles.